The predicted molar refractivity (Wildman–Crippen MR) is 97.7 cm³/mol. The van der Waals surface area contributed by atoms with E-state index in [1.807, 2.05) is 32.0 Å². The summed E-state index contributed by atoms with van der Waals surface area (Å²) in [6.45, 7) is 4.55. The molecule has 0 aliphatic heterocycles. The number of rotatable bonds is 8. The third-order valence-electron chi connectivity index (χ3n) is 3.95. The molecular formula is C20H25NO4. The summed E-state index contributed by atoms with van der Waals surface area (Å²) in [5.74, 6) is 1.95. The van der Waals surface area contributed by atoms with Crippen LogP contribution >= 0.6 is 0 Å². The molecule has 2 aromatic rings. The second-order valence-electron chi connectivity index (χ2n) is 5.51. The number of carbonyl (C=O) groups excluding carboxylic acids is 1. The van der Waals surface area contributed by atoms with E-state index in [9.17, 15) is 4.79 Å². The molecule has 0 unspecified atom stereocenters. The first-order valence-electron chi connectivity index (χ1n) is 8.38. The molecule has 25 heavy (non-hydrogen) atoms. The molecule has 5 heteroatoms. The van der Waals surface area contributed by atoms with Gasteiger partial charge in [0.25, 0.3) is 5.91 Å². The minimum absolute atomic E-state index is 0.112. The molecule has 0 aliphatic rings. The van der Waals surface area contributed by atoms with Crippen LogP contribution in [0.2, 0.25) is 0 Å². The SMILES string of the molecule is CCOc1ccc(C(=O)N[C@H](CC)c2ccc(OC)c(OC)c2)cc1. The largest absolute Gasteiger partial charge is 0.494 e. The van der Waals surface area contributed by atoms with Gasteiger partial charge in [-0.05, 0) is 55.3 Å². The maximum absolute atomic E-state index is 12.5. The van der Waals surface area contributed by atoms with Crippen LogP contribution in [0.1, 0.15) is 42.2 Å². The van der Waals surface area contributed by atoms with E-state index in [1.165, 1.54) is 0 Å². The van der Waals surface area contributed by atoms with Gasteiger partial charge in [-0.15, -0.1) is 0 Å². The zero-order chi connectivity index (χ0) is 18.2. The van der Waals surface area contributed by atoms with Crippen LogP contribution < -0.4 is 19.5 Å². The van der Waals surface area contributed by atoms with Gasteiger partial charge >= 0.3 is 0 Å². The van der Waals surface area contributed by atoms with E-state index in [0.29, 0.717) is 23.7 Å². The maximum Gasteiger partial charge on any atom is 0.251 e. The van der Waals surface area contributed by atoms with E-state index in [-0.39, 0.29) is 11.9 Å². The molecule has 0 saturated carbocycles. The number of benzene rings is 2. The Kier molecular flexibility index (Phi) is 6.69. The molecule has 0 spiro atoms. The Morgan fingerprint density at radius 2 is 1.68 bits per heavy atom. The fourth-order valence-electron chi connectivity index (χ4n) is 2.60. The van der Waals surface area contributed by atoms with E-state index in [1.54, 1.807) is 38.5 Å². The van der Waals surface area contributed by atoms with Crippen molar-refractivity contribution >= 4 is 5.91 Å². The van der Waals surface area contributed by atoms with Crippen LogP contribution in [0.3, 0.4) is 0 Å². The number of nitrogens with one attached hydrogen (secondary N) is 1. The number of hydrogen-bond acceptors (Lipinski definition) is 4. The molecule has 5 nitrogen and oxygen atoms in total. The summed E-state index contributed by atoms with van der Waals surface area (Å²) in [5, 5.41) is 3.06. The average molecular weight is 343 g/mol. The Morgan fingerprint density at radius 3 is 2.24 bits per heavy atom. The highest BCUT2D eigenvalue weighted by Gasteiger charge is 2.16. The average Bonchev–Trinajstić information content (AvgIpc) is 2.66. The summed E-state index contributed by atoms with van der Waals surface area (Å²) in [6.07, 6.45) is 0.762. The standard InChI is InChI=1S/C20H25NO4/c1-5-17(15-9-12-18(23-3)19(13-15)24-4)21-20(22)14-7-10-16(11-8-14)25-6-2/h7-13,17H,5-6H2,1-4H3,(H,21,22)/t17-/m1/s1. The Labute approximate surface area is 148 Å². The van der Waals surface area contributed by atoms with Crippen LogP contribution in [0.25, 0.3) is 0 Å². The van der Waals surface area contributed by atoms with E-state index in [2.05, 4.69) is 5.32 Å². The summed E-state index contributed by atoms with van der Waals surface area (Å²) >= 11 is 0. The van der Waals surface area contributed by atoms with Crippen molar-refractivity contribution in [2.75, 3.05) is 20.8 Å². The van der Waals surface area contributed by atoms with Crippen LogP contribution in [0.15, 0.2) is 42.5 Å². The topological polar surface area (TPSA) is 56.8 Å². The highest BCUT2D eigenvalue weighted by atomic mass is 16.5. The van der Waals surface area contributed by atoms with Crippen LogP contribution in [0.4, 0.5) is 0 Å². The molecule has 0 aliphatic carbocycles. The third kappa shape index (κ3) is 4.66. The number of ether oxygens (including phenoxy) is 3. The lowest BCUT2D eigenvalue weighted by Gasteiger charge is -2.19. The molecular weight excluding hydrogens is 318 g/mol. The molecule has 1 N–H and O–H groups in total. The first-order valence-corrected chi connectivity index (χ1v) is 8.38. The maximum atomic E-state index is 12.5. The van der Waals surface area contributed by atoms with Crippen molar-refractivity contribution in [3.05, 3.63) is 53.6 Å². The van der Waals surface area contributed by atoms with Crippen molar-refractivity contribution < 1.29 is 19.0 Å². The Balaban J connectivity index is 2.14. The van der Waals surface area contributed by atoms with Crippen molar-refractivity contribution in [2.45, 2.75) is 26.3 Å². The molecule has 0 fully saturated rings. The zero-order valence-corrected chi connectivity index (χ0v) is 15.2. The number of amides is 1. The van der Waals surface area contributed by atoms with Gasteiger partial charge in [-0.3, -0.25) is 4.79 Å². The van der Waals surface area contributed by atoms with Crippen molar-refractivity contribution in [1.29, 1.82) is 0 Å². The van der Waals surface area contributed by atoms with Crippen molar-refractivity contribution in [3.63, 3.8) is 0 Å². The molecule has 0 heterocycles. The normalized spacial score (nSPS) is 11.5. The van der Waals surface area contributed by atoms with Crippen molar-refractivity contribution in [3.8, 4) is 17.2 Å². The molecule has 2 aromatic carbocycles. The molecule has 2 rings (SSSR count). The highest BCUT2D eigenvalue weighted by Crippen LogP contribution is 2.31. The van der Waals surface area contributed by atoms with Gasteiger partial charge in [-0.25, -0.2) is 0 Å². The summed E-state index contributed by atoms with van der Waals surface area (Å²) < 4.78 is 16.0. The van der Waals surface area contributed by atoms with Crippen molar-refractivity contribution in [1.82, 2.24) is 5.32 Å². The van der Waals surface area contributed by atoms with Gasteiger partial charge in [0.05, 0.1) is 26.9 Å². The molecule has 134 valence electrons. The van der Waals surface area contributed by atoms with E-state index >= 15 is 0 Å². The number of carbonyl (C=O) groups is 1. The van der Waals surface area contributed by atoms with Gasteiger partial charge in [0.15, 0.2) is 11.5 Å². The minimum atomic E-state index is -0.121. The van der Waals surface area contributed by atoms with Gasteiger partial charge in [-0.2, -0.15) is 0 Å². The number of hydrogen-bond donors (Lipinski definition) is 1. The molecule has 0 aromatic heterocycles. The van der Waals surface area contributed by atoms with Gasteiger partial charge in [0.1, 0.15) is 5.75 Å². The molecule has 0 radical (unpaired) electrons. The fourth-order valence-corrected chi connectivity index (χ4v) is 2.60. The van der Waals surface area contributed by atoms with Crippen LogP contribution in [-0.2, 0) is 0 Å². The summed E-state index contributed by atoms with van der Waals surface area (Å²) in [5.41, 5.74) is 1.57. The molecule has 0 saturated heterocycles. The van der Waals surface area contributed by atoms with Gasteiger partial charge in [0.2, 0.25) is 0 Å². The lowest BCUT2D eigenvalue weighted by atomic mass is 10.0. The quantitative estimate of drug-likeness (QED) is 0.787. The lowest BCUT2D eigenvalue weighted by Crippen LogP contribution is -2.28. The zero-order valence-electron chi connectivity index (χ0n) is 15.2. The lowest BCUT2D eigenvalue weighted by molar-refractivity contribution is 0.0935. The Morgan fingerprint density at radius 1 is 1.00 bits per heavy atom. The molecule has 0 bridgehead atoms. The van der Waals surface area contributed by atoms with E-state index in [4.69, 9.17) is 14.2 Å². The summed E-state index contributed by atoms with van der Waals surface area (Å²) in [6, 6.07) is 12.7. The van der Waals surface area contributed by atoms with E-state index in [0.717, 1.165) is 17.7 Å². The van der Waals surface area contributed by atoms with Crippen LogP contribution in [-0.4, -0.2) is 26.7 Å². The second kappa shape index (κ2) is 8.97. The first kappa shape index (κ1) is 18.6. The first-order chi connectivity index (χ1) is 12.1. The summed E-state index contributed by atoms with van der Waals surface area (Å²) in [4.78, 5) is 12.5. The van der Waals surface area contributed by atoms with Gasteiger partial charge in [0, 0.05) is 5.56 Å². The Bertz CT molecular complexity index is 697. The van der Waals surface area contributed by atoms with Crippen molar-refractivity contribution in [2.24, 2.45) is 0 Å². The third-order valence-corrected chi connectivity index (χ3v) is 3.95. The molecule has 1 amide bonds. The van der Waals surface area contributed by atoms with Crippen LogP contribution in [0, 0.1) is 0 Å². The smallest absolute Gasteiger partial charge is 0.251 e. The van der Waals surface area contributed by atoms with Gasteiger partial charge < -0.3 is 19.5 Å². The number of methoxy groups -OCH3 is 2. The van der Waals surface area contributed by atoms with Crippen LogP contribution in [0.5, 0.6) is 17.2 Å². The predicted octanol–water partition coefficient (Wildman–Crippen LogP) is 3.98. The second-order valence-corrected chi connectivity index (χ2v) is 5.51. The monoisotopic (exact) mass is 343 g/mol. The highest BCUT2D eigenvalue weighted by molar-refractivity contribution is 5.94. The minimum Gasteiger partial charge on any atom is -0.494 e. The molecule has 1 atom stereocenters. The van der Waals surface area contributed by atoms with E-state index < -0.39 is 0 Å². The fraction of sp³-hybridized carbons (Fsp3) is 0.350. The van der Waals surface area contributed by atoms with Gasteiger partial charge in [-0.1, -0.05) is 13.0 Å². The summed E-state index contributed by atoms with van der Waals surface area (Å²) in [7, 11) is 3.20. The Hall–Kier alpha value is -2.69.